The Balaban J connectivity index is 1.11. The molecule has 1 saturated heterocycles. The molecule has 0 spiro atoms. The molecule has 2 fully saturated rings. The molecular formula is C31H31ClFN3O4. The number of carbonyl (C=O) groups is 1. The van der Waals surface area contributed by atoms with E-state index in [0.29, 0.717) is 34.8 Å². The molecule has 1 saturated carbocycles. The van der Waals surface area contributed by atoms with E-state index in [1.165, 1.54) is 6.07 Å². The van der Waals surface area contributed by atoms with Crippen LogP contribution in [0.25, 0.3) is 11.0 Å². The summed E-state index contributed by atoms with van der Waals surface area (Å²) in [4.78, 5) is 21.2. The maximum absolute atomic E-state index is 14.1. The van der Waals surface area contributed by atoms with E-state index in [-0.39, 0.29) is 18.3 Å². The van der Waals surface area contributed by atoms with E-state index in [9.17, 15) is 14.3 Å². The fourth-order valence-electron chi connectivity index (χ4n) is 5.75. The van der Waals surface area contributed by atoms with Crippen LogP contribution in [0, 0.1) is 11.7 Å². The summed E-state index contributed by atoms with van der Waals surface area (Å²) in [5.41, 5.74) is 3.40. The van der Waals surface area contributed by atoms with Crippen LogP contribution in [-0.4, -0.2) is 38.3 Å². The summed E-state index contributed by atoms with van der Waals surface area (Å²) in [6.07, 6.45) is 6.14. The van der Waals surface area contributed by atoms with Gasteiger partial charge in [-0.05, 0) is 74.4 Å². The Hall–Kier alpha value is -3.49. The smallest absolute Gasteiger partial charge is 0.335 e. The normalized spacial score (nSPS) is 20.8. The number of pyridine rings is 1. The lowest BCUT2D eigenvalue weighted by Gasteiger charge is -2.30. The van der Waals surface area contributed by atoms with Crippen LogP contribution >= 0.6 is 11.6 Å². The molecule has 0 radical (unpaired) electrons. The first-order valence-corrected chi connectivity index (χ1v) is 14.2. The van der Waals surface area contributed by atoms with E-state index in [2.05, 4.69) is 4.57 Å². The molecule has 6 rings (SSSR count). The molecule has 0 amide bonds. The van der Waals surface area contributed by atoms with Gasteiger partial charge in [0.05, 0.1) is 29.2 Å². The second-order valence-electron chi connectivity index (χ2n) is 10.8. The van der Waals surface area contributed by atoms with Crippen LogP contribution in [-0.2, 0) is 24.3 Å². The summed E-state index contributed by atoms with van der Waals surface area (Å²) >= 11 is 5.84. The Bertz CT molecular complexity index is 1530. The number of halogens is 2. The van der Waals surface area contributed by atoms with E-state index in [1.807, 2.05) is 12.1 Å². The molecule has 1 N–H and O–H groups in total. The second kappa shape index (κ2) is 11.6. The van der Waals surface area contributed by atoms with Gasteiger partial charge in [0.1, 0.15) is 18.2 Å². The van der Waals surface area contributed by atoms with E-state index in [1.54, 1.807) is 36.4 Å². The summed E-state index contributed by atoms with van der Waals surface area (Å²) in [6, 6.07) is 15.5. The zero-order chi connectivity index (χ0) is 27.6. The van der Waals surface area contributed by atoms with Crippen molar-refractivity contribution in [3.05, 3.63) is 88.1 Å². The highest BCUT2D eigenvalue weighted by Gasteiger charge is 2.27. The van der Waals surface area contributed by atoms with Gasteiger partial charge in [0, 0.05) is 41.3 Å². The molecule has 3 heterocycles. The average Bonchev–Trinajstić information content (AvgIpc) is 3.26. The van der Waals surface area contributed by atoms with Crippen molar-refractivity contribution >= 4 is 28.6 Å². The van der Waals surface area contributed by atoms with Gasteiger partial charge in [0.15, 0.2) is 0 Å². The highest BCUT2D eigenvalue weighted by Crippen LogP contribution is 2.37. The van der Waals surface area contributed by atoms with Crippen molar-refractivity contribution in [3.8, 4) is 5.88 Å². The lowest BCUT2D eigenvalue weighted by Crippen LogP contribution is -2.32. The molecular weight excluding hydrogens is 533 g/mol. The lowest BCUT2D eigenvalue weighted by molar-refractivity contribution is -0.0590. The molecule has 2 aromatic heterocycles. The van der Waals surface area contributed by atoms with Crippen molar-refractivity contribution in [2.24, 2.45) is 5.92 Å². The fourth-order valence-corrected chi connectivity index (χ4v) is 5.91. The van der Waals surface area contributed by atoms with E-state index >= 15 is 0 Å². The molecule has 1 atom stereocenters. The number of benzene rings is 2. The first-order valence-electron chi connectivity index (χ1n) is 13.8. The zero-order valence-corrected chi connectivity index (χ0v) is 22.8. The van der Waals surface area contributed by atoms with Crippen molar-refractivity contribution in [3.63, 3.8) is 0 Å². The van der Waals surface area contributed by atoms with Crippen LogP contribution < -0.4 is 4.74 Å². The number of fused-ring (bicyclic) bond motifs is 1. The van der Waals surface area contributed by atoms with Crippen LogP contribution in [0.3, 0.4) is 0 Å². The molecule has 4 aromatic rings. The summed E-state index contributed by atoms with van der Waals surface area (Å²) < 4.78 is 27.8. The highest BCUT2D eigenvalue weighted by atomic mass is 35.5. The van der Waals surface area contributed by atoms with Crippen LogP contribution in [0.1, 0.15) is 65.5 Å². The quantitative estimate of drug-likeness (QED) is 0.241. The van der Waals surface area contributed by atoms with Crippen molar-refractivity contribution in [1.82, 2.24) is 14.5 Å². The molecule has 40 heavy (non-hydrogen) atoms. The Labute approximate surface area is 236 Å². The second-order valence-corrected chi connectivity index (χ2v) is 11.2. The van der Waals surface area contributed by atoms with Gasteiger partial charge in [-0.1, -0.05) is 23.7 Å². The molecule has 7 nitrogen and oxygen atoms in total. The SMILES string of the molecule is O=C(O)c1ccc2nc(CC3CCC(c4cccc(OCc5ccc(Cl)cc5F)n4)CC3)n(CC3CCO3)c2c1. The molecule has 1 unspecified atom stereocenters. The average molecular weight is 564 g/mol. The number of imidazole rings is 1. The maximum atomic E-state index is 14.1. The summed E-state index contributed by atoms with van der Waals surface area (Å²) in [5.74, 6) is 0.988. The van der Waals surface area contributed by atoms with Gasteiger partial charge >= 0.3 is 5.97 Å². The minimum Gasteiger partial charge on any atom is -0.478 e. The summed E-state index contributed by atoms with van der Waals surface area (Å²) in [5, 5.41) is 9.85. The zero-order valence-electron chi connectivity index (χ0n) is 22.1. The Morgan fingerprint density at radius 3 is 2.62 bits per heavy atom. The lowest BCUT2D eigenvalue weighted by atomic mass is 9.79. The van der Waals surface area contributed by atoms with Crippen LogP contribution in [0.4, 0.5) is 4.39 Å². The van der Waals surface area contributed by atoms with Gasteiger partial charge in [-0.15, -0.1) is 0 Å². The molecule has 1 aliphatic heterocycles. The number of rotatable bonds is 9. The number of nitrogens with zero attached hydrogens (tertiary/aromatic N) is 3. The van der Waals surface area contributed by atoms with E-state index in [4.69, 9.17) is 31.0 Å². The highest BCUT2D eigenvalue weighted by molar-refractivity contribution is 6.30. The minimum absolute atomic E-state index is 0.0903. The predicted octanol–water partition coefficient (Wildman–Crippen LogP) is 6.81. The third-order valence-corrected chi connectivity index (χ3v) is 8.36. The van der Waals surface area contributed by atoms with Gasteiger partial charge in [0.25, 0.3) is 0 Å². The van der Waals surface area contributed by atoms with Gasteiger partial charge in [-0.3, -0.25) is 0 Å². The first kappa shape index (κ1) is 26.7. The first-order chi connectivity index (χ1) is 19.4. The number of aromatic carboxylic acids is 1. The van der Waals surface area contributed by atoms with Crippen LogP contribution in [0.15, 0.2) is 54.6 Å². The predicted molar refractivity (Wildman–Crippen MR) is 149 cm³/mol. The van der Waals surface area contributed by atoms with Gasteiger partial charge in [0.2, 0.25) is 5.88 Å². The third kappa shape index (κ3) is 5.83. The monoisotopic (exact) mass is 563 g/mol. The Kier molecular flexibility index (Phi) is 7.71. The number of hydrogen-bond acceptors (Lipinski definition) is 5. The van der Waals surface area contributed by atoms with E-state index in [0.717, 1.165) is 67.7 Å². The molecule has 2 aliphatic rings. The molecule has 9 heteroatoms. The fraction of sp³-hybridized carbons (Fsp3) is 0.387. The van der Waals surface area contributed by atoms with Crippen molar-refractivity contribution in [2.45, 2.75) is 63.7 Å². The van der Waals surface area contributed by atoms with Crippen molar-refractivity contribution in [1.29, 1.82) is 0 Å². The Morgan fingerprint density at radius 2 is 1.90 bits per heavy atom. The van der Waals surface area contributed by atoms with Crippen LogP contribution in [0.5, 0.6) is 5.88 Å². The largest absolute Gasteiger partial charge is 0.478 e. The number of hydrogen-bond donors (Lipinski definition) is 1. The Morgan fingerprint density at radius 1 is 1.07 bits per heavy atom. The third-order valence-electron chi connectivity index (χ3n) is 8.13. The summed E-state index contributed by atoms with van der Waals surface area (Å²) in [6.45, 7) is 1.56. The van der Waals surface area contributed by atoms with Gasteiger partial charge < -0.3 is 19.1 Å². The van der Waals surface area contributed by atoms with Crippen molar-refractivity contribution < 1.29 is 23.8 Å². The van der Waals surface area contributed by atoms with Gasteiger partial charge in [-0.2, -0.15) is 0 Å². The molecule has 1 aliphatic carbocycles. The molecule has 2 aromatic carbocycles. The van der Waals surface area contributed by atoms with Gasteiger partial charge in [-0.25, -0.2) is 19.2 Å². The molecule has 0 bridgehead atoms. The minimum atomic E-state index is -0.936. The summed E-state index contributed by atoms with van der Waals surface area (Å²) in [7, 11) is 0. The topological polar surface area (TPSA) is 86.5 Å². The number of carboxylic acid groups (broad SMARTS) is 1. The molecule has 208 valence electrons. The van der Waals surface area contributed by atoms with Crippen LogP contribution in [0.2, 0.25) is 5.02 Å². The van der Waals surface area contributed by atoms with E-state index < -0.39 is 11.8 Å². The standard InChI is InChI=1S/C31H31ClFN3O4/c32-23-10-8-22(25(33)16-23)18-40-30-3-1-2-26(35-30)20-6-4-19(5-7-20)14-29-34-27-11-9-21(31(37)38)15-28(27)36(29)17-24-12-13-39-24/h1-3,8-11,15-16,19-20,24H,4-7,12-14,17-18H2,(H,37,38). The number of carboxylic acids is 1. The maximum Gasteiger partial charge on any atom is 0.335 e. The number of aromatic nitrogens is 3. The number of ether oxygens (including phenoxy) is 2. The van der Waals surface area contributed by atoms with Crippen molar-refractivity contribution in [2.75, 3.05) is 6.61 Å².